The van der Waals surface area contributed by atoms with Crippen molar-refractivity contribution >= 4 is 29.0 Å². The van der Waals surface area contributed by atoms with Gasteiger partial charge in [-0.25, -0.2) is 19.7 Å². The molecule has 0 saturated carbocycles. The zero-order valence-corrected chi connectivity index (χ0v) is 24.3. The maximum atomic E-state index is 12.4. The van der Waals surface area contributed by atoms with Gasteiger partial charge in [-0.1, -0.05) is 26.3 Å². The normalized spacial score (nSPS) is 13.7. The zero-order chi connectivity index (χ0) is 29.4. The lowest BCUT2D eigenvalue weighted by Crippen LogP contribution is -2.52. The Morgan fingerprint density at radius 3 is 2.46 bits per heavy atom. The van der Waals surface area contributed by atoms with Gasteiger partial charge in [0.25, 0.3) is 0 Å². The summed E-state index contributed by atoms with van der Waals surface area (Å²) < 4.78 is 4.97. The van der Waals surface area contributed by atoms with Crippen LogP contribution in [0.4, 0.5) is 10.7 Å². The molecular weight excluding hydrogens is 520 g/mol. The van der Waals surface area contributed by atoms with Gasteiger partial charge in [-0.15, -0.1) is 0 Å². The topological polar surface area (TPSA) is 129 Å². The molecule has 0 unspecified atom stereocenters. The number of carbonyl (C=O) groups is 2. The maximum absolute atomic E-state index is 12.4. The highest BCUT2D eigenvalue weighted by Crippen LogP contribution is 2.32. The summed E-state index contributed by atoms with van der Waals surface area (Å²) >= 11 is 0. The van der Waals surface area contributed by atoms with Gasteiger partial charge in [-0.05, 0) is 50.6 Å². The lowest BCUT2D eigenvalue weighted by atomic mass is 10.0. The lowest BCUT2D eigenvalue weighted by Gasteiger charge is -2.36. The molecule has 4 aromatic rings. The molecule has 1 aromatic carbocycles. The molecule has 2 N–H and O–H groups in total. The molecule has 1 aliphatic rings. The predicted octanol–water partition coefficient (Wildman–Crippen LogP) is 5.12. The van der Waals surface area contributed by atoms with E-state index in [1.54, 1.807) is 25.4 Å². The van der Waals surface area contributed by atoms with Gasteiger partial charge < -0.3 is 14.6 Å². The number of hydrogen-bond acceptors (Lipinski definition) is 8. The smallest absolute Gasteiger partial charge is 0.413 e. The van der Waals surface area contributed by atoms with Crippen molar-refractivity contribution in [3.05, 3.63) is 54.6 Å². The number of fused-ring (bicyclic) bond motifs is 1. The largest absolute Gasteiger partial charge is 0.450 e. The van der Waals surface area contributed by atoms with Crippen LogP contribution in [0.1, 0.15) is 46.7 Å². The fourth-order valence-electron chi connectivity index (χ4n) is 4.55. The molecule has 1 aliphatic heterocycles. The molecule has 1 fully saturated rings. The van der Waals surface area contributed by atoms with Gasteiger partial charge in [0, 0.05) is 55.4 Å². The average Bonchev–Trinajstić information content (AvgIpc) is 3.36. The number of hydrogen-bond donors (Lipinski definition) is 2. The molecule has 2 amide bonds. The van der Waals surface area contributed by atoms with Gasteiger partial charge in [0.05, 0.1) is 24.4 Å². The number of pyridine rings is 1. The highest BCUT2D eigenvalue weighted by molar-refractivity contribution is 5.96. The van der Waals surface area contributed by atoms with E-state index in [2.05, 4.69) is 49.0 Å². The second-order valence-electron chi connectivity index (χ2n) is 10.1. The number of H-pyrrole nitrogens is 1. The van der Waals surface area contributed by atoms with Crippen LogP contribution in [0.3, 0.4) is 0 Å². The Labute approximate surface area is 240 Å². The number of amides is 2. The van der Waals surface area contributed by atoms with Crippen molar-refractivity contribution in [3.63, 3.8) is 0 Å². The van der Waals surface area contributed by atoms with E-state index >= 15 is 0 Å². The second kappa shape index (κ2) is 13.8. The Hall–Kier alpha value is -4.38. The number of anilines is 1. The van der Waals surface area contributed by atoms with Gasteiger partial charge in [0.15, 0.2) is 5.82 Å². The SMILES string of the molecule is CCC.CCOC(=O)Nc1nc2c(-c3ncccn3)cc(-c3ccc(CN4CCN(C(C)C)C(=O)C4)nc3)cc2[nH]1. The number of aromatic nitrogens is 5. The van der Waals surface area contributed by atoms with Gasteiger partial charge in [0.1, 0.15) is 5.52 Å². The first-order valence-electron chi connectivity index (χ1n) is 14.0. The van der Waals surface area contributed by atoms with Crippen LogP contribution >= 0.6 is 0 Å². The third kappa shape index (κ3) is 7.43. The third-order valence-electron chi connectivity index (χ3n) is 6.39. The van der Waals surface area contributed by atoms with E-state index in [1.807, 2.05) is 49.2 Å². The second-order valence-corrected chi connectivity index (χ2v) is 10.1. The number of imidazole rings is 1. The molecule has 0 aliphatic carbocycles. The summed E-state index contributed by atoms with van der Waals surface area (Å²) in [5.41, 5.74) is 4.75. The van der Waals surface area contributed by atoms with Crippen LogP contribution in [0.5, 0.6) is 0 Å². The molecule has 11 nitrogen and oxygen atoms in total. The Morgan fingerprint density at radius 2 is 1.83 bits per heavy atom. The molecule has 4 heterocycles. The van der Waals surface area contributed by atoms with E-state index in [0.29, 0.717) is 29.9 Å². The summed E-state index contributed by atoms with van der Waals surface area (Å²) in [6, 6.07) is 9.88. The molecule has 3 aromatic heterocycles. The standard InChI is InChI=1S/C27H30N8O3.C3H8/c1-4-38-27(37)33-26-31-22-13-19(12-21(24(22)32-26)25-28-8-5-9-29-25)18-6-7-20(30-14-18)15-34-10-11-35(17(2)3)23(36)16-34;1-3-2/h5-9,12-14,17H,4,10-11,15-16H2,1-3H3,(H2,31,32,33,37);3H2,1-2H3. The van der Waals surface area contributed by atoms with E-state index in [0.717, 1.165) is 35.5 Å². The molecular formula is C30H38N8O3. The number of benzene rings is 1. The summed E-state index contributed by atoms with van der Waals surface area (Å²) in [5.74, 6) is 0.944. The first kappa shape index (κ1) is 29.6. The first-order chi connectivity index (χ1) is 19.8. The summed E-state index contributed by atoms with van der Waals surface area (Å²) in [4.78, 5) is 49.6. The van der Waals surface area contributed by atoms with Crippen LogP contribution in [0.15, 0.2) is 48.9 Å². The van der Waals surface area contributed by atoms with E-state index in [1.165, 1.54) is 6.42 Å². The highest BCUT2D eigenvalue weighted by atomic mass is 16.5. The summed E-state index contributed by atoms with van der Waals surface area (Å²) in [6.45, 7) is 12.9. The van der Waals surface area contributed by atoms with E-state index < -0.39 is 6.09 Å². The predicted molar refractivity (Wildman–Crippen MR) is 159 cm³/mol. The Kier molecular flexibility index (Phi) is 9.96. The minimum atomic E-state index is -0.587. The number of nitrogens with zero attached hydrogens (tertiary/aromatic N) is 6. The monoisotopic (exact) mass is 558 g/mol. The average molecular weight is 559 g/mol. The molecule has 41 heavy (non-hydrogen) atoms. The molecule has 0 radical (unpaired) electrons. The minimum Gasteiger partial charge on any atom is -0.450 e. The third-order valence-corrected chi connectivity index (χ3v) is 6.39. The summed E-state index contributed by atoms with van der Waals surface area (Å²) in [5, 5.41) is 2.62. The summed E-state index contributed by atoms with van der Waals surface area (Å²) in [6.07, 6.45) is 5.84. The number of carbonyl (C=O) groups excluding carboxylic acids is 2. The number of nitrogens with one attached hydrogen (secondary N) is 2. The molecule has 1 saturated heterocycles. The quantitative estimate of drug-likeness (QED) is 0.320. The molecule has 0 atom stereocenters. The highest BCUT2D eigenvalue weighted by Gasteiger charge is 2.25. The van der Waals surface area contributed by atoms with Crippen molar-refractivity contribution in [2.24, 2.45) is 0 Å². The van der Waals surface area contributed by atoms with Gasteiger partial charge in [-0.2, -0.15) is 0 Å². The van der Waals surface area contributed by atoms with Crippen molar-refractivity contribution in [3.8, 4) is 22.5 Å². The van der Waals surface area contributed by atoms with Crippen LogP contribution in [0.2, 0.25) is 0 Å². The Balaban J connectivity index is 0.00000124. The van der Waals surface area contributed by atoms with Gasteiger partial charge in [0.2, 0.25) is 11.9 Å². The van der Waals surface area contributed by atoms with E-state index in [9.17, 15) is 9.59 Å². The van der Waals surface area contributed by atoms with Crippen LogP contribution in [-0.2, 0) is 16.1 Å². The number of aromatic amines is 1. The van der Waals surface area contributed by atoms with Crippen molar-refractivity contribution < 1.29 is 14.3 Å². The number of rotatable bonds is 7. The fraction of sp³-hybridized carbons (Fsp3) is 0.400. The molecule has 216 valence electrons. The van der Waals surface area contributed by atoms with E-state index in [4.69, 9.17) is 4.74 Å². The number of ether oxygens (including phenoxy) is 1. The van der Waals surface area contributed by atoms with Crippen molar-refractivity contribution in [2.75, 3.05) is 31.6 Å². The minimum absolute atomic E-state index is 0.156. The van der Waals surface area contributed by atoms with Gasteiger partial charge >= 0.3 is 6.09 Å². The van der Waals surface area contributed by atoms with Gasteiger partial charge in [-0.3, -0.25) is 20.0 Å². The Morgan fingerprint density at radius 1 is 1.07 bits per heavy atom. The van der Waals surface area contributed by atoms with E-state index in [-0.39, 0.29) is 24.5 Å². The maximum Gasteiger partial charge on any atom is 0.413 e. The Bertz CT molecular complexity index is 1450. The van der Waals surface area contributed by atoms with Crippen molar-refractivity contribution in [1.82, 2.24) is 34.7 Å². The lowest BCUT2D eigenvalue weighted by molar-refractivity contribution is -0.138. The van der Waals surface area contributed by atoms with Crippen LogP contribution in [-0.4, -0.2) is 79.0 Å². The number of piperazine rings is 1. The van der Waals surface area contributed by atoms with Crippen LogP contribution in [0, 0.1) is 0 Å². The summed E-state index contributed by atoms with van der Waals surface area (Å²) in [7, 11) is 0. The first-order valence-corrected chi connectivity index (χ1v) is 14.0. The molecule has 0 bridgehead atoms. The van der Waals surface area contributed by atoms with Crippen LogP contribution < -0.4 is 5.32 Å². The zero-order valence-electron chi connectivity index (χ0n) is 24.3. The molecule has 0 spiro atoms. The van der Waals surface area contributed by atoms with Crippen molar-refractivity contribution in [2.45, 2.75) is 53.6 Å². The molecule has 11 heteroatoms. The van der Waals surface area contributed by atoms with Crippen LogP contribution in [0.25, 0.3) is 33.5 Å². The molecule has 5 rings (SSSR count). The fourth-order valence-corrected chi connectivity index (χ4v) is 4.55. The van der Waals surface area contributed by atoms with Crippen molar-refractivity contribution in [1.29, 1.82) is 0 Å².